The van der Waals surface area contributed by atoms with Crippen molar-refractivity contribution in [3.63, 3.8) is 0 Å². The van der Waals surface area contributed by atoms with Gasteiger partial charge in [-0.15, -0.1) is 0 Å². The molecule has 17 aromatic carbocycles. The fourth-order valence-electron chi connectivity index (χ4n) is 20.8. The van der Waals surface area contributed by atoms with Gasteiger partial charge in [-0.05, 0) is 389 Å². The zero-order valence-electron chi connectivity index (χ0n) is 85.5. The molecule has 0 radical (unpaired) electrons. The maximum absolute atomic E-state index is 7.19. The molecule has 1 aromatic heterocycles. The number of hydrogen-bond donors (Lipinski definition) is 0. The molecule has 0 N–H and O–H groups in total. The van der Waals surface area contributed by atoms with Crippen LogP contribution in [-0.4, -0.2) is 0 Å². The summed E-state index contributed by atoms with van der Waals surface area (Å²) in [5.41, 5.74) is 46.2. The second kappa shape index (κ2) is 34.4. The van der Waals surface area contributed by atoms with Gasteiger partial charge in [-0.1, -0.05) is 403 Å². The summed E-state index contributed by atoms with van der Waals surface area (Å²) in [5.74, 6) is 0. The molecule has 0 saturated carbocycles. The summed E-state index contributed by atoms with van der Waals surface area (Å²) in [6.07, 6.45) is 0. The van der Waals surface area contributed by atoms with E-state index in [9.17, 15) is 0 Å². The van der Waals surface area contributed by atoms with Gasteiger partial charge in [0.1, 0.15) is 11.2 Å². The Morgan fingerprint density at radius 1 is 0.168 bits per heavy atom. The quantitative estimate of drug-likeness (QED) is 0.106. The molecule has 0 bridgehead atoms. The van der Waals surface area contributed by atoms with Gasteiger partial charge in [0.15, 0.2) is 0 Å². The molecule has 1 aliphatic carbocycles. The Hall–Kier alpha value is -13.5. The number of furan rings is 1. The van der Waals surface area contributed by atoms with E-state index in [1.807, 2.05) is 0 Å². The van der Waals surface area contributed by atoms with Crippen LogP contribution in [0.25, 0.3) is 167 Å². The molecule has 0 spiro atoms. The van der Waals surface area contributed by atoms with Crippen molar-refractivity contribution in [1.82, 2.24) is 0 Å². The average molecular weight is 1780 g/mol. The van der Waals surface area contributed by atoms with Gasteiger partial charge in [-0.25, -0.2) is 0 Å². The molecule has 1 heterocycles. The molecule has 684 valence electrons. The van der Waals surface area contributed by atoms with Gasteiger partial charge < -0.3 is 4.42 Å². The minimum absolute atomic E-state index is 0.0432. The fraction of sp³-hybridized carbons (Fsp3) is 0.250. The molecule has 18 aromatic rings. The fourth-order valence-corrected chi connectivity index (χ4v) is 20.8. The topological polar surface area (TPSA) is 13.1 Å². The van der Waals surface area contributed by atoms with Crippen LogP contribution in [0.5, 0.6) is 0 Å². The highest BCUT2D eigenvalue weighted by Gasteiger charge is 2.49. The monoisotopic (exact) mass is 1780 g/mol. The molecular formula is C136H134O. The van der Waals surface area contributed by atoms with Gasteiger partial charge in [-0.2, -0.15) is 0 Å². The van der Waals surface area contributed by atoms with Crippen molar-refractivity contribution in [2.75, 3.05) is 0 Å². The third kappa shape index (κ3) is 18.2. The van der Waals surface area contributed by atoms with E-state index in [0.717, 1.165) is 167 Å². The predicted molar refractivity (Wildman–Crippen MR) is 591 cm³/mol. The summed E-state index contributed by atoms with van der Waals surface area (Å²) >= 11 is 0. The summed E-state index contributed by atoms with van der Waals surface area (Å²) in [6.45, 7) is 57.8. The number of benzene rings is 17. The molecule has 1 nitrogen and oxygen atoms in total. The van der Waals surface area contributed by atoms with E-state index in [4.69, 9.17) is 4.42 Å². The van der Waals surface area contributed by atoms with Crippen LogP contribution in [0.1, 0.15) is 238 Å². The number of rotatable bonds is 14. The highest BCUT2D eigenvalue weighted by Crippen LogP contribution is 2.62. The van der Waals surface area contributed by atoms with Crippen molar-refractivity contribution >= 4 is 21.9 Å². The Bertz CT molecular complexity index is 6590. The van der Waals surface area contributed by atoms with E-state index in [-0.39, 0.29) is 43.3 Å². The lowest BCUT2D eigenvalue weighted by atomic mass is 9.65. The second-order valence-electron chi connectivity index (χ2n) is 47.6. The van der Waals surface area contributed by atoms with E-state index in [0.29, 0.717) is 0 Å². The number of fused-ring (bicyclic) bond motifs is 7. The SMILES string of the molecule is Cc1cccc2c1-c1c(ccc3oc4ccccc4c13)C2(c1cc(-c2cc(-c3ccc(C(C)(C)C)cc3)cc(-c3ccc(C(C)(C)C)cc3)c2)cc(-c2cc(-c3ccc(C(C)(C)C)cc3)cc(-c3ccc(C(C)(C)C)cc3)c2)c1)c1cc(-c2cc(-c3ccc(C(C)(C)C)cc3)cc(-c3ccc(C(C)(C)C)cc3)c2)cc(-c2cc(-c3ccc(C(C)(C)C)cc3)cc(-c3ccc(C(C)(C)C)cc3)c2)c1. The third-order valence-electron chi connectivity index (χ3n) is 29.3. The first-order valence-corrected chi connectivity index (χ1v) is 49.6. The van der Waals surface area contributed by atoms with Crippen LogP contribution >= 0.6 is 0 Å². The van der Waals surface area contributed by atoms with Gasteiger partial charge in [0.25, 0.3) is 0 Å². The molecule has 0 amide bonds. The Labute approximate surface area is 817 Å². The first kappa shape index (κ1) is 92.6. The summed E-state index contributed by atoms with van der Waals surface area (Å²) in [4.78, 5) is 0. The summed E-state index contributed by atoms with van der Waals surface area (Å²) in [5, 5.41) is 2.20. The van der Waals surface area contributed by atoms with Gasteiger partial charge in [0, 0.05) is 10.8 Å². The largest absolute Gasteiger partial charge is 0.456 e. The minimum atomic E-state index is -1.10. The van der Waals surface area contributed by atoms with Crippen molar-refractivity contribution in [3.8, 4) is 145 Å². The standard InChI is InChI=1S/C136H134O/c1-85-29-28-31-121-125(85)127-122(65-66-124-126(127)120-30-26-27-32-123(120)137-124)136(121,118-81-106(102-71-94(86-33-49-110(50-34-86)128(2,3)4)67-95(72-102)87-35-51-111(52-36-87)129(5,6)7)79-107(82-118)103-73-96(88-37-53-112(54-38-88)130(8,9)10)68-97(74-103)89-39-55-113(56-40-89)131(11,12)13)119-83-108(104-75-98(90-41-57-114(58-42-90)132(14,15)16)69-99(76-104)91-43-59-115(60-44-91)133(17,18)19)80-109(84-119)105-77-100(92-45-61-116(62-46-92)134(20,21)22)70-101(78-105)93-47-63-117(64-48-93)135(23,24)25/h26-84H,1-25H3. The van der Waals surface area contributed by atoms with Crippen molar-refractivity contribution in [2.24, 2.45) is 0 Å². The Morgan fingerprint density at radius 2 is 0.365 bits per heavy atom. The molecule has 0 fully saturated rings. The van der Waals surface area contributed by atoms with Crippen LogP contribution in [0.4, 0.5) is 0 Å². The average Bonchev–Trinajstić information content (AvgIpc) is 1.51. The van der Waals surface area contributed by atoms with Gasteiger partial charge in [0.05, 0.1) is 5.41 Å². The smallest absolute Gasteiger partial charge is 0.136 e. The molecule has 19 rings (SSSR count). The van der Waals surface area contributed by atoms with Crippen LogP contribution in [-0.2, 0) is 48.7 Å². The van der Waals surface area contributed by atoms with Crippen LogP contribution in [0.3, 0.4) is 0 Å². The summed E-state index contributed by atoms with van der Waals surface area (Å²) < 4.78 is 7.19. The normalized spacial score (nSPS) is 13.2. The van der Waals surface area contributed by atoms with Crippen molar-refractivity contribution in [3.05, 3.63) is 430 Å². The maximum atomic E-state index is 7.19. The lowest BCUT2D eigenvalue weighted by Gasteiger charge is -2.36. The molecular weight excluding hydrogens is 1650 g/mol. The maximum Gasteiger partial charge on any atom is 0.136 e. The molecule has 0 aliphatic heterocycles. The van der Waals surface area contributed by atoms with Gasteiger partial charge >= 0.3 is 0 Å². The van der Waals surface area contributed by atoms with Crippen molar-refractivity contribution in [1.29, 1.82) is 0 Å². The van der Waals surface area contributed by atoms with E-state index >= 15 is 0 Å². The van der Waals surface area contributed by atoms with Crippen molar-refractivity contribution in [2.45, 2.75) is 222 Å². The Balaban J connectivity index is 0.988. The lowest BCUT2D eigenvalue weighted by molar-refractivity contribution is 0.590. The number of hydrogen-bond acceptors (Lipinski definition) is 1. The second-order valence-corrected chi connectivity index (χ2v) is 47.6. The van der Waals surface area contributed by atoms with Crippen LogP contribution in [0, 0.1) is 6.92 Å². The highest BCUT2D eigenvalue weighted by atomic mass is 16.3. The van der Waals surface area contributed by atoms with Crippen LogP contribution < -0.4 is 0 Å². The molecule has 0 atom stereocenters. The Kier molecular flexibility index (Phi) is 23.2. The lowest BCUT2D eigenvalue weighted by Crippen LogP contribution is -2.29. The number of para-hydroxylation sites is 1. The van der Waals surface area contributed by atoms with Gasteiger partial charge in [-0.3, -0.25) is 0 Å². The molecule has 0 saturated heterocycles. The van der Waals surface area contributed by atoms with Crippen LogP contribution in [0.2, 0.25) is 0 Å². The molecule has 1 aliphatic rings. The molecule has 137 heavy (non-hydrogen) atoms. The molecule has 0 unspecified atom stereocenters. The summed E-state index contributed by atoms with van der Waals surface area (Å²) in [6, 6.07) is 141. The van der Waals surface area contributed by atoms with E-state index in [2.05, 4.69) is 531 Å². The van der Waals surface area contributed by atoms with Crippen molar-refractivity contribution < 1.29 is 4.42 Å². The highest BCUT2D eigenvalue weighted by molar-refractivity contribution is 6.16. The first-order valence-electron chi connectivity index (χ1n) is 49.6. The first-order chi connectivity index (χ1) is 64.7. The molecule has 1 heteroatoms. The minimum Gasteiger partial charge on any atom is -0.456 e. The van der Waals surface area contributed by atoms with E-state index in [1.54, 1.807) is 0 Å². The van der Waals surface area contributed by atoms with Crippen LogP contribution in [0.15, 0.2) is 362 Å². The Morgan fingerprint density at radius 3 is 0.584 bits per heavy atom. The number of aryl methyl sites for hydroxylation is 1. The third-order valence-corrected chi connectivity index (χ3v) is 29.3. The van der Waals surface area contributed by atoms with E-state index < -0.39 is 5.41 Å². The van der Waals surface area contributed by atoms with E-state index in [1.165, 1.54) is 72.3 Å². The van der Waals surface area contributed by atoms with Gasteiger partial charge in [0.2, 0.25) is 0 Å². The zero-order valence-corrected chi connectivity index (χ0v) is 85.5. The summed E-state index contributed by atoms with van der Waals surface area (Å²) in [7, 11) is 0. The predicted octanol–water partition coefficient (Wildman–Crippen LogP) is 38.6. The zero-order chi connectivity index (χ0) is 96.8.